The van der Waals surface area contributed by atoms with Crippen LogP contribution in [0.25, 0.3) is 0 Å². The van der Waals surface area contributed by atoms with Crippen molar-refractivity contribution in [2.24, 2.45) is 0 Å². The molecule has 1 aliphatic rings. The third kappa shape index (κ3) is 2.12. The van der Waals surface area contributed by atoms with Crippen molar-refractivity contribution in [3.63, 3.8) is 0 Å². The minimum Gasteiger partial charge on any atom is -0.381 e. The maximum Gasteiger partial charge on any atom is 0.254 e. The molecule has 5 nitrogen and oxygen atoms in total. The smallest absolute Gasteiger partial charge is 0.254 e. The average molecular weight is 238 g/mol. The fourth-order valence-electron chi connectivity index (χ4n) is 2.10. The highest BCUT2D eigenvalue weighted by atomic mass is 16.5. The molecule has 0 atom stereocenters. The first-order valence-corrected chi connectivity index (χ1v) is 5.80. The van der Waals surface area contributed by atoms with Crippen molar-refractivity contribution in [1.82, 2.24) is 9.97 Å². The van der Waals surface area contributed by atoms with Crippen LogP contribution in [0.15, 0.2) is 4.79 Å². The Morgan fingerprint density at radius 3 is 2.53 bits per heavy atom. The number of aryl methyl sites for hydroxylation is 1. The van der Waals surface area contributed by atoms with Crippen LogP contribution in [0, 0.1) is 13.8 Å². The van der Waals surface area contributed by atoms with Crippen molar-refractivity contribution >= 4 is 0 Å². The molecule has 0 bridgehead atoms. The summed E-state index contributed by atoms with van der Waals surface area (Å²) in [7, 11) is 1.65. The van der Waals surface area contributed by atoms with Gasteiger partial charge in [-0.1, -0.05) is 0 Å². The normalized spacial score (nSPS) is 19.2. The number of aromatic amines is 1. The van der Waals surface area contributed by atoms with Crippen LogP contribution in [0.5, 0.6) is 0 Å². The van der Waals surface area contributed by atoms with Gasteiger partial charge in [0.1, 0.15) is 11.4 Å². The van der Waals surface area contributed by atoms with Gasteiger partial charge in [0.15, 0.2) is 0 Å². The maximum absolute atomic E-state index is 11.8. The fourth-order valence-corrected chi connectivity index (χ4v) is 2.10. The maximum atomic E-state index is 11.8. The van der Waals surface area contributed by atoms with E-state index in [0.717, 1.165) is 18.5 Å². The lowest BCUT2D eigenvalue weighted by Gasteiger charge is -2.34. The molecule has 0 amide bonds. The molecular weight excluding hydrogens is 220 g/mol. The van der Waals surface area contributed by atoms with Crippen LogP contribution in [0.4, 0.5) is 0 Å². The topological polar surface area (TPSA) is 64.2 Å². The van der Waals surface area contributed by atoms with Crippen LogP contribution in [0.1, 0.15) is 29.9 Å². The molecule has 1 fully saturated rings. The van der Waals surface area contributed by atoms with Crippen molar-refractivity contribution in [3.8, 4) is 0 Å². The molecule has 1 aliphatic heterocycles. The summed E-state index contributed by atoms with van der Waals surface area (Å²) in [5.41, 5.74) is 0.824. The Morgan fingerprint density at radius 2 is 2.00 bits per heavy atom. The van der Waals surface area contributed by atoms with Gasteiger partial charge in [-0.2, -0.15) is 0 Å². The second kappa shape index (κ2) is 4.58. The van der Waals surface area contributed by atoms with E-state index in [9.17, 15) is 4.79 Å². The van der Waals surface area contributed by atoms with Gasteiger partial charge in [0, 0.05) is 44.4 Å². The summed E-state index contributed by atoms with van der Waals surface area (Å²) in [6.07, 6.45) is 1.43. The highest BCUT2D eigenvalue weighted by Crippen LogP contribution is 2.32. The van der Waals surface area contributed by atoms with Gasteiger partial charge >= 0.3 is 0 Å². The van der Waals surface area contributed by atoms with Gasteiger partial charge in [-0.05, 0) is 13.8 Å². The zero-order valence-corrected chi connectivity index (χ0v) is 10.5. The molecule has 1 N–H and O–H groups in total. The van der Waals surface area contributed by atoms with Gasteiger partial charge < -0.3 is 14.5 Å². The summed E-state index contributed by atoms with van der Waals surface area (Å²) in [5.74, 6) is 0.622. The SMILES string of the molecule is COC1(c2nc(C)c(C)c(=O)[nH]2)CCOCC1. The molecule has 0 saturated carbocycles. The van der Waals surface area contributed by atoms with E-state index in [1.54, 1.807) is 14.0 Å². The van der Waals surface area contributed by atoms with Gasteiger partial charge in [0.25, 0.3) is 5.56 Å². The number of nitrogens with zero attached hydrogens (tertiary/aromatic N) is 1. The molecule has 0 unspecified atom stereocenters. The van der Waals surface area contributed by atoms with Crippen molar-refractivity contribution in [3.05, 3.63) is 27.4 Å². The highest BCUT2D eigenvalue weighted by Gasteiger charge is 2.37. The van der Waals surface area contributed by atoms with Gasteiger partial charge in [-0.3, -0.25) is 4.79 Å². The van der Waals surface area contributed by atoms with E-state index in [2.05, 4.69) is 9.97 Å². The minimum absolute atomic E-state index is 0.0876. The molecule has 2 heterocycles. The number of nitrogens with one attached hydrogen (secondary N) is 1. The molecule has 1 aromatic rings. The zero-order chi connectivity index (χ0) is 12.5. The molecule has 94 valence electrons. The standard InChI is InChI=1S/C12H18N2O3/c1-8-9(2)13-11(14-10(8)15)12(16-3)4-6-17-7-5-12/h4-7H2,1-3H3,(H,13,14,15). The molecule has 1 saturated heterocycles. The lowest BCUT2D eigenvalue weighted by atomic mass is 9.93. The first-order chi connectivity index (χ1) is 8.09. The lowest BCUT2D eigenvalue weighted by molar-refractivity contribution is -0.100. The second-order valence-electron chi connectivity index (χ2n) is 4.44. The summed E-state index contributed by atoms with van der Waals surface area (Å²) < 4.78 is 10.9. The van der Waals surface area contributed by atoms with Crippen LogP contribution in [-0.4, -0.2) is 30.3 Å². The Hall–Kier alpha value is -1.20. The van der Waals surface area contributed by atoms with Crippen LogP contribution in [-0.2, 0) is 15.1 Å². The van der Waals surface area contributed by atoms with Crippen molar-refractivity contribution in [2.45, 2.75) is 32.3 Å². The van der Waals surface area contributed by atoms with Crippen molar-refractivity contribution in [2.75, 3.05) is 20.3 Å². The second-order valence-corrected chi connectivity index (χ2v) is 4.44. The van der Waals surface area contributed by atoms with Crippen LogP contribution in [0.2, 0.25) is 0 Å². The van der Waals surface area contributed by atoms with Gasteiger partial charge in [0.2, 0.25) is 0 Å². The number of H-pyrrole nitrogens is 1. The molecule has 0 radical (unpaired) electrons. The largest absolute Gasteiger partial charge is 0.381 e. The van der Waals surface area contributed by atoms with Crippen LogP contribution < -0.4 is 5.56 Å². The Bertz CT molecular complexity index is 461. The third-order valence-corrected chi connectivity index (χ3v) is 3.52. The Labute approximate surface area is 100 Å². The fraction of sp³-hybridized carbons (Fsp3) is 0.667. The number of ether oxygens (including phenoxy) is 2. The molecule has 1 aromatic heterocycles. The lowest BCUT2D eigenvalue weighted by Crippen LogP contribution is -2.39. The van der Waals surface area contributed by atoms with Crippen molar-refractivity contribution < 1.29 is 9.47 Å². The molecule has 0 aliphatic carbocycles. The molecule has 2 rings (SSSR count). The molecular formula is C12H18N2O3. The van der Waals surface area contributed by atoms with E-state index in [1.165, 1.54) is 0 Å². The summed E-state index contributed by atoms with van der Waals surface area (Å²) in [4.78, 5) is 19.1. The Balaban J connectivity index is 2.47. The minimum atomic E-state index is -0.504. The number of hydrogen-bond acceptors (Lipinski definition) is 4. The monoisotopic (exact) mass is 238 g/mol. The number of methoxy groups -OCH3 is 1. The highest BCUT2D eigenvalue weighted by molar-refractivity contribution is 5.17. The molecule has 5 heteroatoms. The Morgan fingerprint density at radius 1 is 1.35 bits per heavy atom. The number of hydrogen-bond donors (Lipinski definition) is 1. The van der Waals surface area contributed by atoms with Crippen molar-refractivity contribution in [1.29, 1.82) is 0 Å². The third-order valence-electron chi connectivity index (χ3n) is 3.52. The summed E-state index contributed by atoms with van der Waals surface area (Å²) >= 11 is 0. The van der Waals surface area contributed by atoms with Gasteiger partial charge in [-0.15, -0.1) is 0 Å². The number of aromatic nitrogens is 2. The quantitative estimate of drug-likeness (QED) is 0.836. The number of rotatable bonds is 2. The predicted molar refractivity (Wildman–Crippen MR) is 63.1 cm³/mol. The predicted octanol–water partition coefficient (Wildman–Crippen LogP) is 1.04. The van der Waals surface area contributed by atoms with Crippen LogP contribution >= 0.6 is 0 Å². The zero-order valence-electron chi connectivity index (χ0n) is 10.5. The van der Waals surface area contributed by atoms with E-state index in [1.807, 2.05) is 6.92 Å². The molecule has 0 aromatic carbocycles. The van der Waals surface area contributed by atoms with Gasteiger partial charge in [-0.25, -0.2) is 4.98 Å². The Kier molecular flexibility index (Phi) is 3.31. The van der Waals surface area contributed by atoms with E-state index >= 15 is 0 Å². The van der Waals surface area contributed by atoms with E-state index in [0.29, 0.717) is 24.6 Å². The van der Waals surface area contributed by atoms with Gasteiger partial charge in [0.05, 0.1) is 0 Å². The summed E-state index contributed by atoms with van der Waals surface area (Å²) in [6.45, 7) is 4.88. The average Bonchev–Trinajstić information content (AvgIpc) is 2.36. The summed E-state index contributed by atoms with van der Waals surface area (Å²) in [5, 5.41) is 0. The van der Waals surface area contributed by atoms with E-state index in [4.69, 9.17) is 9.47 Å². The summed E-state index contributed by atoms with van der Waals surface area (Å²) in [6, 6.07) is 0. The molecule has 17 heavy (non-hydrogen) atoms. The molecule has 0 spiro atoms. The first kappa shape index (κ1) is 12.3. The van der Waals surface area contributed by atoms with Crippen LogP contribution in [0.3, 0.4) is 0 Å². The van der Waals surface area contributed by atoms with E-state index in [-0.39, 0.29) is 5.56 Å². The van der Waals surface area contributed by atoms with E-state index < -0.39 is 5.60 Å². The first-order valence-electron chi connectivity index (χ1n) is 5.80.